The molecule has 2 rings (SSSR count). The van der Waals surface area contributed by atoms with Gasteiger partial charge in [-0.15, -0.1) is 0 Å². The zero-order chi connectivity index (χ0) is 11.8. The maximum absolute atomic E-state index is 11.9. The molecule has 0 aliphatic carbocycles. The molecule has 2 saturated heterocycles. The van der Waals surface area contributed by atoms with Crippen LogP contribution in [-0.4, -0.2) is 40.3 Å². The highest BCUT2D eigenvalue weighted by molar-refractivity contribution is 9.10. The van der Waals surface area contributed by atoms with Crippen molar-refractivity contribution in [2.75, 3.05) is 13.1 Å². The average Bonchev–Trinajstić information content (AvgIpc) is 2.61. The van der Waals surface area contributed by atoms with Gasteiger partial charge in [0.05, 0.1) is 4.32 Å². The van der Waals surface area contributed by atoms with Crippen molar-refractivity contribution >= 4 is 21.8 Å². The van der Waals surface area contributed by atoms with E-state index in [9.17, 15) is 4.79 Å². The van der Waals surface area contributed by atoms with Gasteiger partial charge in [0, 0.05) is 18.6 Å². The van der Waals surface area contributed by atoms with Gasteiger partial charge in [0.2, 0.25) is 5.91 Å². The van der Waals surface area contributed by atoms with E-state index in [0.29, 0.717) is 12.1 Å². The van der Waals surface area contributed by atoms with Gasteiger partial charge in [-0.2, -0.15) is 0 Å². The van der Waals surface area contributed by atoms with Crippen LogP contribution in [0.2, 0.25) is 0 Å². The van der Waals surface area contributed by atoms with E-state index in [1.54, 1.807) is 0 Å². The van der Waals surface area contributed by atoms with E-state index in [4.69, 9.17) is 0 Å². The number of fused-ring (bicyclic) bond motifs is 1. The Bertz CT molecular complexity index is 275. The molecule has 0 bridgehead atoms. The Balaban J connectivity index is 1.93. The highest BCUT2D eigenvalue weighted by Crippen LogP contribution is 2.28. The second-order valence-corrected chi connectivity index (χ2v) is 7.42. The number of carbonyl (C=O) groups excluding carboxylic acids is 1. The van der Waals surface area contributed by atoms with Gasteiger partial charge in [-0.25, -0.2) is 0 Å². The molecule has 1 N–H and O–H groups in total. The summed E-state index contributed by atoms with van der Waals surface area (Å²) in [5.74, 6) is 0.116. The number of rotatable bonds is 2. The fourth-order valence-corrected chi connectivity index (χ4v) is 2.87. The zero-order valence-corrected chi connectivity index (χ0v) is 11.7. The van der Waals surface area contributed by atoms with Crippen molar-refractivity contribution in [3.63, 3.8) is 0 Å². The van der Waals surface area contributed by atoms with E-state index in [-0.39, 0.29) is 5.91 Å². The minimum absolute atomic E-state index is 0.116. The van der Waals surface area contributed by atoms with Crippen LogP contribution in [0, 0.1) is 0 Å². The molecule has 0 aromatic heterocycles. The van der Waals surface area contributed by atoms with Crippen molar-refractivity contribution in [3.05, 3.63) is 0 Å². The summed E-state index contributed by atoms with van der Waals surface area (Å²) in [5.41, 5.74) is 0. The largest absolute Gasteiger partial charge is 0.351 e. The summed E-state index contributed by atoms with van der Waals surface area (Å²) >= 11 is 3.41. The lowest BCUT2D eigenvalue weighted by Crippen LogP contribution is -2.50. The van der Waals surface area contributed by atoms with Crippen LogP contribution in [0.1, 0.15) is 39.5 Å². The summed E-state index contributed by atoms with van der Waals surface area (Å²) in [4.78, 5) is 14.5. The van der Waals surface area contributed by atoms with Crippen molar-refractivity contribution in [2.24, 2.45) is 0 Å². The lowest BCUT2D eigenvalue weighted by atomic mass is 9.98. The molecule has 16 heavy (non-hydrogen) atoms. The number of amides is 1. The first kappa shape index (κ1) is 12.4. The molecule has 0 aromatic carbocycles. The molecule has 2 aliphatic rings. The van der Waals surface area contributed by atoms with Gasteiger partial charge in [-0.1, -0.05) is 22.4 Å². The van der Waals surface area contributed by atoms with Gasteiger partial charge >= 0.3 is 0 Å². The first-order chi connectivity index (χ1) is 7.48. The maximum Gasteiger partial charge on any atom is 0.236 e. The van der Waals surface area contributed by atoms with E-state index >= 15 is 0 Å². The van der Waals surface area contributed by atoms with Gasteiger partial charge in [-0.05, 0) is 39.7 Å². The van der Waals surface area contributed by atoms with Crippen LogP contribution in [0.5, 0.6) is 0 Å². The second kappa shape index (κ2) is 4.65. The van der Waals surface area contributed by atoms with Crippen molar-refractivity contribution in [1.82, 2.24) is 10.2 Å². The minimum Gasteiger partial charge on any atom is -0.351 e. The quantitative estimate of drug-likeness (QED) is 0.788. The van der Waals surface area contributed by atoms with Gasteiger partial charge in [0.25, 0.3) is 0 Å². The summed E-state index contributed by atoms with van der Waals surface area (Å²) in [6, 6.07) is 0.956. The van der Waals surface area contributed by atoms with Crippen LogP contribution in [0.25, 0.3) is 0 Å². The second-order valence-electron chi connectivity index (χ2n) is 5.44. The molecule has 0 saturated carbocycles. The Morgan fingerprint density at radius 3 is 2.75 bits per heavy atom. The van der Waals surface area contributed by atoms with Gasteiger partial charge in [-0.3, -0.25) is 9.69 Å². The third-order valence-corrected chi connectivity index (χ3v) is 4.07. The van der Waals surface area contributed by atoms with E-state index in [1.807, 2.05) is 13.8 Å². The molecular weight excluding hydrogens is 268 g/mol. The number of hydrogen-bond acceptors (Lipinski definition) is 2. The highest BCUT2D eigenvalue weighted by atomic mass is 79.9. The van der Waals surface area contributed by atoms with Gasteiger partial charge in [0.15, 0.2) is 0 Å². The molecule has 2 aliphatic heterocycles. The van der Waals surface area contributed by atoms with Crippen LogP contribution < -0.4 is 5.32 Å². The Kier molecular flexibility index (Phi) is 3.59. The number of nitrogens with one attached hydrogen (secondary N) is 1. The van der Waals surface area contributed by atoms with Crippen molar-refractivity contribution in [2.45, 2.75) is 55.9 Å². The zero-order valence-electron chi connectivity index (χ0n) is 10.1. The number of halogens is 1. The molecule has 1 amide bonds. The smallest absolute Gasteiger partial charge is 0.236 e. The van der Waals surface area contributed by atoms with E-state index in [0.717, 1.165) is 13.0 Å². The van der Waals surface area contributed by atoms with Crippen LogP contribution in [0.3, 0.4) is 0 Å². The Hall–Kier alpha value is -0.0900. The molecule has 2 heterocycles. The Labute approximate surface area is 106 Å². The summed E-state index contributed by atoms with van der Waals surface area (Å²) in [5, 5.41) is 3.19. The molecule has 2 unspecified atom stereocenters. The maximum atomic E-state index is 11.9. The monoisotopic (exact) mass is 288 g/mol. The Morgan fingerprint density at radius 1 is 1.31 bits per heavy atom. The molecule has 0 aromatic rings. The van der Waals surface area contributed by atoms with Crippen molar-refractivity contribution < 1.29 is 4.79 Å². The molecule has 92 valence electrons. The minimum atomic E-state index is -0.449. The van der Waals surface area contributed by atoms with Gasteiger partial charge in [0.1, 0.15) is 0 Å². The van der Waals surface area contributed by atoms with E-state index < -0.39 is 4.32 Å². The molecule has 2 atom stereocenters. The highest BCUT2D eigenvalue weighted by Gasteiger charge is 2.37. The standard InChI is InChI=1S/C12H21BrN2O/c1-12(2,13)11(16)14-9-6-8-15-7-4-3-5-10(9)15/h9-10H,3-8H2,1-2H3,(H,14,16). The summed E-state index contributed by atoms with van der Waals surface area (Å²) < 4.78 is -0.449. The third kappa shape index (κ3) is 2.59. The topological polar surface area (TPSA) is 32.3 Å². The Morgan fingerprint density at radius 2 is 2.06 bits per heavy atom. The number of nitrogens with zero attached hydrogens (tertiary/aromatic N) is 1. The van der Waals surface area contributed by atoms with Crippen molar-refractivity contribution in [3.8, 4) is 0 Å². The van der Waals surface area contributed by atoms with Crippen molar-refractivity contribution in [1.29, 1.82) is 0 Å². The third-order valence-electron chi connectivity index (χ3n) is 3.71. The molecule has 2 fully saturated rings. The molecule has 0 radical (unpaired) electrons. The predicted molar refractivity (Wildman–Crippen MR) is 68.8 cm³/mol. The van der Waals surface area contributed by atoms with Crippen LogP contribution in [-0.2, 0) is 4.79 Å². The number of alkyl halides is 1. The lowest BCUT2D eigenvalue weighted by Gasteiger charge is -2.33. The molecular formula is C12H21BrN2O. The number of carbonyl (C=O) groups is 1. The first-order valence-electron chi connectivity index (χ1n) is 6.22. The number of hydrogen-bond donors (Lipinski definition) is 1. The summed E-state index contributed by atoms with van der Waals surface area (Å²) in [6.45, 7) is 6.17. The number of piperidine rings is 1. The summed E-state index contributed by atoms with van der Waals surface area (Å²) in [7, 11) is 0. The first-order valence-corrected chi connectivity index (χ1v) is 7.02. The molecule has 3 nitrogen and oxygen atoms in total. The molecule has 4 heteroatoms. The van der Waals surface area contributed by atoms with Gasteiger partial charge < -0.3 is 5.32 Å². The van der Waals surface area contributed by atoms with E-state index in [1.165, 1.54) is 25.8 Å². The normalized spacial score (nSPS) is 31.2. The average molecular weight is 289 g/mol. The van der Waals surface area contributed by atoms with E-state index in [2.05, 4.69) is 26.1 Å². The van der Waals surface area contributed by atoms with Crippen LogP contribution in [0.4, 0.5) is 0 Å². The SMILES string of the molecule is CC(C)(Br)C(=O)NC1CCN2CCCCC12. The summed E-state index contributed by atoms with van der Waals surface area (Å²) in [6.07, 6.45) is 4.99. The fraction of sp³-hybridized carbons (Fsp3) is 0.917. The van der Waals surface area contributed by atoms with Crippen LogP contribution >= 0.6 is 15.9 Å². The predicted octanol–water partition coefficient (Wildman–Crippen LogP) is 1.90. The fourth-order valence-electron chi connectivity index (χ4n) is 2.76. The lowest BCUT2D eigenvalue weighted by molar-refractivity contribution is -0.123. The molecule has 0 spiro atoms. The van der Waals surface area contributed by atoms with Crippen LogP contribution in [0.15, 0.2) is 0 Å².